The SMILES string of the molecule is CC1CCCCC1CNCc1cc(F)cc(F)c1. The predicted molar refractivity (Wildman–Crippen MR) is 69.2 cm³/mol. The first-order chi connectivity index (χ1) is 8.65. The molecule has 1 aliphatic carbocycles. The molecule has 1 fully saturated rings. The van der Waals surface area contributed by atoms with E-state index in [9.17, 15) is 8.78 Å². The third-order valence-corrected chi connectivity index (χ3v) is 3.95. The van der Waals surface area contributed by atoms with Gasteiger partial charge in [0.2, 0.25) is 0 Å². The lowest BCUT2D eigenvalue weighted by atomic mass is 9.80. The first-order valence-electron chi connectivity index (χ1n) is 6.81. The van der Waals surface area contributed by atoms with Crippen LogP contribution in [0.25, 0.3) is 0 Å². The number of hydrogen-bond donors (Lipinski definition) is 1. The van der Waals surface area contributed by atoms with Crippen molar-refractivity contribution in [3.05, 3.63) is 35.4 Å². The molecule has 1 aromatic rings. The van der Waals surface area contributed by atoms with Gasteiger partial charge in [0.1, 0.15) is 11.6 Å². The van der Waals surface area contributed by atoms with Gasteiger partial charge in [-0.3, -0.25) is 0 Å². The van der Waals surface area contributed by atoms with Crippen LogP contribution in [0.3, 0.4) is 0 Å². The molecule has 2 rings (SSSR count). The van der Waals surface area contributed by atoms with Gasteiger partial charge in [-0.2, -0.15) is 0 Å². The van der Waals surface area contributed by atoms with Gasteiger partial charge >= 0.3 is 0 Å². The summed E-state index contributed by atoms with van der Waals surface area (Å²) in [4.78, 5) is 0. The fraction of sp³-hybridized carbons (Fsp3) is 0.600. The Hall–Kier alpha value is -0.960. The Labute approximate surface area is 108 Å². The molecular formula is C15H21F2N. The van der Waals surface area contributed by atoms with Crippen LogP contribution in [0.5, 0.6) is 0 Å². The molecule has 0 amide bonds. The molecule has 18 heavy (non-hydrogen) atoms. The summed E-state index contributed by atoms with van der Waals surface area (Å²) in [6.07, 6.45) is 5.23. The zero-order valence-corrected chi connectivity index (χ0v) is 10.9. The quantitative estimate of drug-likeness (QED) is 0.858. The summed E-state index contributed by atoms with van der Waals surface area (Å²) < 4.78 is 26.0. The van der Waals surface area contributed by atoms with Gasteiger partial charge in [0.15, 0.2) is 0 Å². The van der Waals surface area contributed by atoms with E-state index in [4.69, 9.17) is 0 Å². The molecule has 1 aromatic carbocycles. The molecule has 100 valence electrons. The highest BCUT2D eigenvalue weighted by Crippen LogP contribution is 2.28. The van der Waals surface area contributed by atoms with Crippen molar-refractivity contribution in [2.45, 2.75) is 39.2 Å². The van der Waals surface area contributed by atoms with Crippen LogP contribution in [0, 0.1) is 23.5 Å². The van der Waals surface area contributed by atoms with Crippen LogP contribution < -0.4 is 5.32 Å². The minimum absolute atomic E-state index is 0.502. The van der Waals surface area contributed by atoms with Gasteiger partial charge in [0.05, 0.1) is 0 Å². The van der Waals surface area contributed by atoms with Crippen molar-refractivity contribution in [2.24, 2.45) is 11.8 Å². The third-order valence-electron chi connectivity index (χ3n) is 3.95. The highest BCUT2D eigenvalue weighted by Gasteiger charge is 2.20. The number of nitrogens with one attached hydrogen (secondary N) is 1. The topological polar surface area (TPSA) is 12.0 Å². The average Bonchev–Trinajstić information content (AvgIpc) is 2.30. The van der Waals surface area contributed by atoms with E-state index in [1.807, 2.05) is 0 Å². The van der Waals surface area contributed by atoms with Crippen molar-refractivity contribution in [2.75, 3.05) is 6.54 Å². The summed E-state index contributed by atoms with van der Waals surface area (Å²) in [6.45, 7) is 3.78. The Kier molecular flexibility index (Phi) is 4.70. The molecule has 0 heterocycles. The third kappa shape index (κ3) is 3.77. The van der Waals surface area contributed by atoms with E-state index in [2.05, 4.69) is 12.2 Å². The second kappa shape index (κ2) is 6.28. The van der Waals surface area contributed by atoms with Crippen molar-refractivity contribution >= 4 is 0 Å². The molecule has 1 aliphatic rings. The molecule has 1 saturated carbocycles. The number of benzene rings is 1. The Morgan fingerprint density at radius 3 is 2.44 bits per heavy atom. The lowest BCUT2D eigenvalue weighted by Gasteiger charge is -2.28. The summed E-state index contributed by atoms with van der Waals surface area (Å²) in [5, 5.41) is 3.32. The van der Waals surface area contributed by atoms with Gasteiger partial charge in [-0.15, -0.1) is 0 Å². The molecule has 0 aliphatic heterocycles. The van der Waals surface area contributed by atoms with E-state index in [0.29, 0.717) is 18.0 Å². The van der Waals surface area contributed by atoms with E-state index >= 15 is 0 Å². The van der Waals surface area contributed by atoms with Crippen molar-refractivity contribution in [1.82, 2.24) is 5.32 Å². The Morgan fingerprint density at radius 1 is 1.11 bits per heavy atom. The fourth-order valence-electron chi connectivity index (χ4n) is 2.81. The van der Waals surface area contributed by atoms with E-state index in [-0.39, 0.29) is 0 Å². The van der Waals surface area contributed by atoms with Crippen LogP contribution in [-0.2, 0) is 6.54 Å². The lowest BCUT2D eigenvalue weighted by Crippen LogP contribution is -2.29. The van der Waals surface area contributed by atoms with Gasteiger partial charge in [-0.25, -0.2) is 8.78 Å². The largest absolute Gasteiger partial charge is 0.312 e. The van der Waals surface area contributed by atoms with Crippen LogP contribution in [0.2, 0.25) is 0 Å². The normalized spacial score (nSPS) is 24.2. The molecular weight excluding hydrogens is 232 g/mol. The van der Waals surface area contributed by atoms with Gasteiger partial charge in [0, 0.05) is 12.6 Å². The molecule has 0 radical (unpaired) electrons. The van der Waals surface area contributed by atoms with E-state index in [1.54, 1.807) is 0 Å². The van der Waals surface area contributed by atoms with Crippen molar-refractivity contribution in [3.63, 3.8) is 0 Å². The molecule has 3 heteroatoms. The molecule has 2 atom stereocenters. The maximum Gasteiger partial charge on any atom is 0.126 e. The minimum Gasteiger partial charge on any atom is -0.312 e. The number of hydrogen-bond acceptors (Lipinski definition) is 1. The van der Waals surface area contributed by atoms with Crippen molar-refractivity contribution in [1.29, 1.82) is 0 Å². The molecule has 0 spiro atoms. The highest BCUT2D eigenvalue weighted by molar-refractivity contribution is 5.17. The Balaban J connectivity index is 1.80. The number of halogens is 2. The molecule has 2 unspecified atom stereocenters. The van der Waals surface area contributed by atoms with Crippen LogP contribution in [-0.4, -0.2) is 6.54 Å². The summed E-state index contributed by atoms with van der Waals surface area (Å²) >= 11 is 0. The summed E-state index contributed by atoms with van der Waals surface area (Å²) in [5.41, 5.74) is 0.677. The van der Waals surface area contributed by atoms with E-state index in [0.717, 1.165) is 18.5 Å². The van der Waals surface area contributed by atoms with Gasteiger partial charge in [-0.05, 0) is 42.5 Å². The zero-order chi connectivity index (χ0) is 13.0. The molecule has 1 N–H and O–H groups in total. The summed E-state index contributed by atoms with van der Waals surface area (Å²) in [6, 6.07) is 3.69. The van der Waals surface area contributed by atoms with Gasteiger partial charge in [-0.1, -0.05) is 26.2 Å². The van der Waals surface area contributed by atoms with Crippen LogP contribution in [0.1, 0.15) is 38.2 Å². The maximum atomic E-state index is 13.0. The summed E-state index contributed by atoms with van der Waals surface area (Å²) in [5.74, 6) is 0.461. The van der Waals surface area contributed by atoms with Crippen LogP contribution >= 0.6 is 0 Å². The Bertz CT molecular complexity index is 372. The highest BCUT2D eigenvalue weighted by atomic mass is 19.1. The molecule has 1 nitrogen and oxygen atoms in total. The first kappa shape index (κ1) is 13.5. The summed E-state index contributed by atoms with van der Waals surface area (Å²) in [7, 11) is 0. The van der Waals surface area contributed by atoms with E-state index < -0.39 is 11.6 Å². The molecule has 0 aromatic heterocycles. The second-order valence-electron chi connectivity index (χ2n) is 5.43. The fourth-order valence-corrected chi connectivity index (χ4v) is 2.81. The standard InChI is InChI=1S/C15H21F2N/c1-11-4-2-3-5-13(11)10-18-9-12-6-14(16)8-15(17)7-12/h6-8,11,13,18H,2-5,9-10H2,1H3. The van der Waals surface area contributed by atoms with Gasteiger partial charge < -0.3 is 5.32 Å². The van der Waals surface area contributed by atoms with E-state index in [1.165, 1.54) is 37.8 Å². The maximum absolute atomic E-state index is 13.0. The van der Waals surface area contributed by atoms with Crippen LogP contribution in [0.4, 0.5) is 8.78 Å². The van der Waals surface area contributed by atoms with Crippen molar-refractivity contribution in [3.8, 4) is 0 Å². The van der Waals surface area contributed by atoms with Crippen LogP contribution in [0.15, 0.2) is 18.2 Å². The first-order valence-corrected chi connectivity index (χ1v) is 6.81. The molecule has 0 bridgehead atoms. The molecule has 0 saturated heterocycles. The van der Waals surface area contributed by atoms with Crippen molar-refractivity contribution < 1.29 is 8.78 Å². The monoisotopic (exact) mass is 253 g/mol. The minimum atomic E-state index is -0.502. The number of rotatable bonds is 4. The Morgan fingerprint density at radius 2 is 1.78 bits per heavy atom. The second-order valence-corrected chi connectivity index (χ2v) is 5.43. The smallest absolute Gasteiger partial charge is 0.126 e. The average molecular weight is 253 g/mol. The van der Waals surface area contributed by atoms with Gasteiger partial charge in [0.25, 0.3) is 0 Å². The predicted octanol–water partition coefficient (Wildman–Crippen LogP) is 3.88. The zero-order valence-electron chi connectivity index (χ0n) is 10.9. The lowest BCUT2D eigenvalue weighted by molar-refractivity contribution is 0.247.